The summed E-state index contributed by atoms with van der Waals surface area (Å²) in [5.41, 5.74) is 2.28. The first-order valence-corrected chi connectivity index (χ1v) is 7.34. The standard InChI is InChI=1S/C15H21N3O2/c1-9(2)14-16-7-11-4-5-18(8-12(11)17-14)13-6-10(3)20-15(13)19/h7,9-10,13H,4-6,8H2,1-3H3. The van der Waals surface area contributed by atoms with Crippen LogP contribution < -0.4 is 0 Å². The van der Waals surface area contributed by atoms with Crippen LogP contribution in [0.25, 0.3) is 0 Å². The average Bonchev–Trinajstić information content (AvgIpc) is 2.76. The third-order valence-electron chi connectivity index (χ3n) is 4.10. The lowest BCUT2D eigenvalue weighted by molar-refractivity contribution is -0.145. The number of hydrogen-bond donors (Lipinski definition) is 0. The Kier molecular flexibility index (Phi) is 3.46. The Morgan fingerprint density at radius 3 is 2.90 bits per heavy atom. The highest BCUT2D eigenvalue weighted by atomic mass is 16.6. The molecule has 3 heterocycles. The topological polar surface area (TPSA) is 55.3 Å². The van der Waals surface area contributed by atoms with E-state index < -0.39 is 0 Å². The lowest BCUT2D eigenvalue weighted by Crippen LogP contribution is -2.42. The lowest BCUT2D eigenvalue weighted by Gasteiger charge is -2.30. The highest BCUT2D eigenvalue weighted by molar-refractivity contribution is 5.78. The van der Waals surface area contributed by atoms with Crippen LogP contribution >= 0.6 is 0 Å². The van der Waals surface area contributed by atoms with Gasteiger partial charge in [-0.2, -0.15) is 0 Å². The van der Waals surface area contributed by atoms with E-state index in [4.69, 9.17) is 4.74 Å². The number of carbonyl (C=O) groups is 1. The molecule has 0 aliphatic carbocycles. The van der Waals surface area contributed by atoms with E-state index in [1.54, 1.807) is 0 Å². The van der Waals surface area contributed by atoms with Crippen LogP contribution in [0.1, 0.15) is 50.2 Å². The summed E-state index contributed by atoms with van der Waals surface area (Å²) in [6.45, 7) is 7.75. The van der Waals surface area contributed by atoms with Gasteiger partial charge in [0.2, 0.25) is 0 Å². The maximum Gasteiger partial charge on any atom is 0.323 e. The molecule has 5 heteroatoms. The molecule has 0 saturated carbocycles. The minimum Gasteiger partial charge on any atom is -0.461 e. The summed E-state index contributed by atoms with van der Waals surface area (Å²) in [5.74, 6) is 1.12. The van der Waals surface area contributed by atoms with Crippen molar-refractivity contribution in [3.05, 3.63) is 23.3 Å². The van der Waals surface area contributed by atoms with E-state index in [1.165, 1.54) is 5.56 Å². The van der Waals surface area contributed by atoms with Gasteiger partial charge in [0.15, 0.2) is 0 Å². The second kappa shape index (κ2) is 5.13. The van der Waals surface area contributed by atoms with Crippen molar-refractivity contribution in [3.63, 3.8) is 0 Å². The molecule has 1 aromatic rings. The number of rotatable bonds is 2. The molecule has 1 saturated heterocycles. The molecule has 0 N–H and O–H groups in total. The van der Waals surface area contributed by atoms with Gasteiger partial charge in [-0.15, -0.1) is 0 Å². The smallest absolute Gasteiger partial charge is 0.323 e. The second-order valence-electron chi connectivity index (χ2n) is 6.07. The number of cyclic esters (lactones) is 1. The van der Waals surface area contributed by atoms with Gasteiger partial charge in [0.1, 0.15) is 18.0 Å². The molecule has 108 valence electrons. The number of nitrogens with zero attached hydrogens (tertiary/aromatic N) is 3. The number of fused-ring (bicyclic) bond motifs is 1. The number of aromatic nitrogens is 2. The Hall–Kier alpha value is -1.49. The van der Waals surface area contributed by atoms with Gasteiger partial charge in [-0.05, 0) is 18.9 Å². The van der Waals surface area contributed by atoms with Gasteiger partial charge in [-0.25, -0.2) is 9.97 Å². The minimum atomic E-state index is -0.101. The van der Waals surface area contributed by atoms with Crippen LogP contribution in [0, 0.1) is 0 Å². The van der Waals surface area contributed by atoms with Crippen molar-refractivity contribution >= 4 is 5.97 Å². The summed E-state index contributed by atoms with van der Waals surface area (Å²) in [7, 11) is 0. The molecule has 1 aromatic heterocycles. The van der Waals surface area contributed by atoms with Gasteiger partial charge < -0.3 is 4.74 Å². The summed E-state index contributed by atoms with van der Waals surface area (Å²) in [5, 5.41) is 0. The molecule has 20 heavy (non-hydrogen) atoms. The Balaban J connectivity index is 1.80. The SMILES string of the molecule is CC1CC(N2CCc3cnc(C(C)C)nc3C2)C(=O)O1. The highest BCUT2D eigenvalue weighted by Crippen LogP contribution is 2.26. The van der Waals surface area contributed by atoms with Gasteiger partial charge >= 0.3 is 5.97 Å². The second-order valence-corrected chi connectivity index (χ2v) is 6.07. The molecule has 0 spiro atoms. The quantitative estimate of drug-likeness (QED) is 0.768. The third kappa shape index (κ3) is 2.42. The molecule has 2 aliphatic rings. The van der Waals surface area contributed by atoms with Crippen molar-refractivity contribution in [1.29, 1.82) is 0 Å². The monoisotopic (exact) mass is 275 g/mol. The minimum absolute atomic E-state index is 0.0329. The molecular weight excluding hydrogens is 254 g/mol. The van der Waals surface area contributed by atoms with Crippen LogP contribution in [0.2, 0.25) is 0 Å². The summed E-state index contributed by atoms with van der Waals surface area (Å²) < 4.78 is 5.26. The first kappa shape index (κ1) is 13.5. The summed E-state index contributed by atoms with van der Waals surface area (Å²) in [6, 6.07) is -0.101. The fraction of sp³-hybridized carbons (Fsp3) is 0.667. The van der Waals surface area contributed by atoms with Gasteiger partial charge in [0.25, 0.3) is 0 Å². The van der Waals surface area contributed by atoms with Gasteiger partial charge in [-0.1, -0.05) is 13.8 Å². The normalized spacial score (nSPS) is 26.7. The summed E-state index contributed by atoms with van der Waals surface area (Å²) >= 11 is 0. The number of esters is 1. The molecule has 0 amide bonds. The number of carbonyl (C=O) groups excluding carboxylic acids is 1. The van der Waals surface area contributed by atoms with E-state index in [0.29, 0.717) is 5.92 Å². The zero-order valence-electron chi connectivity index (χ0n) is 12.3. The molecule has 2 unspecified atom stereocenters. The molecular formula is C15H21N3O2. The fourth-order valence-electron chi connectivity index (χ4n) is 2.92. The first-order valence-electron chi connectivity index (χ1n) is 7.34. The Morgan fingerprint density at radius 1 is 1.45 bits per heavy atom. The zero-order chi connectivity index (χ0) is 14.3. The summed E-state index contributed by atoms with van der Waals surface area (Å²) in [6.07, 6.45) is 3.68. The average molecular weight is 275 g/mol. The Bertz CT molecular complexity index is 530. The predicted octanol–water partition coefficient (Wildman–Crippen LogP) is 1.66. The molecule has 2 atom stereocenters. The van der Waals surface area contributed by atoms with Crippen LogP contribution in [-0.4, -0.2) is 39.5 Å². The largest absolute Gasteiger partial charge is 0.461 e. The number of ether oxygens (including phenoxy) is 1. The van der Waals surface area contributed by atoms with E-state index >= 15 is 0 Å². The molecule has 0 radical (unpaired) electrons. The van der Waals surface area contributed by atoms with Crippen molar-refractivity contribution in [2.45, 2.75) is 58.2 Å². The number of hydrogen-bond acceptors (Lipinski definition) is 5. The van der Waals surface area contributed by atoms with E-state index in [0.717, 1.165) is 37.4 Å². The van der Waals surface area contributed by atoms with Gasteiger partial charge in [0.05, 0.1) is 5.69 Å². The van der Waals surface area contributed by atoms with Gasteiger partial charge in [0, 0.05) is 31.6 Å². The van der Waals surface area contributed by atoms with Crippen molar-refractivity contribution in [3.8, 4) is 0 Å². The van der Waals surface area contributed by atoms with Crippen LogP contribution in [-0.2, 0) is 22.5 Å². The third-order valence-corrected chi connectivity index (χ3v) is 4.10. The zero-order valence-corrected chi connectivity index (χ0v) is 12.3. The van der Waals surface area contributed by atoms with Crippen molar-refractivity contribution in [1.82, 2.24) is 14.9 Å². The highest BCUT2D eigenvalue weighted by Gasteiger charge is 2.37. The van der Waals surface area contributed by atoms with Gasteiger partial charge in [-0.3, -0.25) is 9.69 Å². The maximum atomic E-state index is 11.9. The van der Waals surface area contributed by atoms with Crippen LogP contribution in [0.15, 0.2) is 6.20 Å². The first-order chi connectivity index (χ1) is 9.54. The predicted molar refractivity (Wildman–Crippen MR) is 74.2 cm³/mol. The van der Waals surface area contributed by atoms with Crippen molar-refractivity contribution in [2.75, 3.05) is 6.54 Å². The van der Waals surface area contributed by atoms with Crippen LogP contribution in [0.4, 0.5) is 0 Å². The lowest BCUT2D eigenvalue weighted by atomic mass is 10.0. The molecule has 5 nitrogen and oxygen atoms in total. The maximum absolute atomic E-state index is 11.9. The van der Waals surface area contributed by atoms with E-state index in [1.807, 2.05) is 13.1 Å². The fourth-order valence-corrected chi connectivity index (χ4v) is 2.92. The van der Waals surface area contributed by atoms with E-state index in [9.17, 15) is 4.79 Å². The van der Waals surface area contributed by atoms with Crippen molar-refractivity contribution in [2.24, 2.45) is 0 Å². The van der Waals surface area contributed by atoms with Crippen molar-refractivity contribution < 1.29 is 9.53 Å². The Morgan fingerprint density at radius 2 is 2.25 bits per heavy atom. The van der Waals surface area contributed by atoms with E-state index in [2.05, 4.69) is 28.7 Å². The Labute approximate surface area is 119 Å². The van der Waals surface area contributed by atoms with Crippen LogP contribution in [0.5, 0.6) is 0 Å². The van der Waals surface area contributed by atoms with Crippen LogP contribution in [0.3, 0.4) is 0 Å². The molecule has 3 rings (SSSR count). The molecule has 0 aromatic carbocycles. The molecule has 1 fully saturated rings. The molecule has 0 bridgehead atoms. The molecule has 2 aliphatic heterocycles. The van der Waals surface area contributed by atoms with E-state index in [-0.39, 0.29) is 18.1 Å². The summed E-state index contributed by atoms with van der Waals surface area (Å²) in [4.78, 5) is 23.2.